The highest BCUT2D eigenvalue weighted by atomic mass is 16.2. The largest absolute Gasteiger partial charge is 0.337 e. The minimum absolute atomic E-state index is 0.0516. The van der Waals surface area contributed by atoms with Crippen molar-refractivity contribution in [3.63, 3.8) is 0 Å². The third-order valence-corrected chi connectivity index (χ3v) is 6.90. The zero-order chi connectivity index (χ0) is 26.4. The lowest BCUT2D eigenvalue weighted by molar-refractivity contribution is -0.191. The van der Waals surface area contributed by atoms with Crippen LogP contribution in [-0.4, -0.2) is 76.0 Å². The average Bonchev–Trinajstić information content (AvgIpc) is 2.89. The van der Waals surface area contributed by atoms with Gasteiger partial charge in [-0.25, -0.2) is 9.80 Å². The molecular formula is C29H35N5O3. The van der Waals surface area contributed by atoms with Crippen molar-refractivity contribution in [3.8, 4) is 12.3 Å². The number of hydrogen-bond donors (Lipinski definition) is 1. The second kappa shape index (κ2) is 11.9. The molecule has 2 aliphatic rings. The first kappa shape index (κ1) is 26.2. The van der Waals surface area contributed by atoms with E-state index in [1.807, 2.05) is 62.4 Å². The summed E-state index contributed by atoms with van der Waals surface area (Å²) in [4.78, 5) is 43.8. The van der Waals surface area contributed by atoms with Crippen LogP contribution in [-0.2, 0) is 22.6 Å². The molecule has 2 saturated heterocycles. The Hall–Kier alpha value is -3.83. The highest BCUT2D eigenvalue weighted by Gasteiger charge is 2.51. The molecule has 2 aliphatic heterocycles. The number of urea groups is 1. The molecule has 0 bridgehead atoms. The van der Waals surface area contributed by atoms with Crippen molar-refractivity contribution in [1.29, 1.82) is 0 Å². The van der Waals surface area contributed by atoms with E-state index in [1.165, 1.54) is 5.56 Å². The lowest BCUT2D eigenvalue weighted by atomic mass is 9.96. The predicted molar refractivity (Wildman–Crippen MR) is 142 cm³/mol. The first-order chi connectivity index (χ1) is 17.9. The molecule has 8 heteroatoms. The van der Waals surface area contributed by atoms with E-state index in [9.17, 15) is 14.4 Å². The summed E-state index contributed by atoms with van der Waals surface area (Å²) in [5.41, 5.74) is 2.18. The van der Waals surface area contributed by atoms with E-state index >= 15 is 0 Å². The van der Waals surface area contributed by atoms with Crippen LogP contribution >= 0.6 is 0 Å². The van der Waals surface area contributed by atoms with Gasteiger partial charge in [0.2, 0.25) is 11.8 Å². The number of rotatable bonds is 8. The van der Waals surface area contributed by atoms with Crippen molar-refractivity contribution in [2.24, 2.45) is 5.92 Å². The van der Waals surface area contributed by atoms with Crippen LogP contribution in [0.1, 0.15) is 31.4 Å². The molecule has 2 aromatic rings. The second-order valence-corrected chi connectivity index (χ2v) is 9.86. The van der Waals surface area contributed by atoms with Crippen LogP contribution in [0.25, 0.3) is 0 Å². The summed E-state index contributed by atoms with van der Waals surface area (Å²) in [6.45, 7) is 5.07. The number of carbonyl (C=O) groups excluding carboxylic acids is 3. The summed E-state index contributed by atoms with van der Waals surface area (Å²) < 4.78 is 0. The van der Waals surface area contributed by atoms with Crippen LogP contribution < -0.4 is 5.32 Å². The van der Waals surface area contributed by atoms with Gasteiger partial charge in [0.1, 0.15) is 12.2 Å². The summed E-state index contributed by atoms with van der Waals surface area (Å²) in [5.74, 6) is 2.21. The monoisotopic (exact) mass is 501 g/mol. The third-order valence-electron chi connectivity index (χ3n) is 6.90. The van der Waals surface area contributed by atoms with Crippen molar-refractivity contribution < 1.29 is 14.4 Å². The molecule has 8 nitrogen and oxygen atoms in total. The Balaban J connectivity index is 1.57. The van der Waals surface area contributed by atoms with Crippen molar-refractivity contribution >= 4 is 17.8 Å². The van der Waals surface area contributed by atoms with Crippen LogP contribution in [0.15, 0.2) is 60.7 Å². The maximum Gasteiger partial charge on any atom is 0.334 e. The summed E-state index contributed by atoms with van der Waals surface area (Å²) in [5, 5.41) is 6.14. The molecule has 0 unspecified atom stereocenters. The molecule has 0 spiro atoms. The smallest absolute Gasteiger partial charge is 0.334 e. The Morgan fingerprint density at radius 2 is 1.70 bits per heavy atom. The number of benzene rings is 2. The van der Waals surface area contributed by atoms with E-state index in [0.29, 0.717) is 13.1 Å². The van der Waals surface area contributed by atoms with Crippen LogP contribution in [0.4, 0.5) is 4.79 Å². The van der Waals surface area contributed by atoms with E-state index in [4.69, 9.17) is 6.42 Å². The molecule has 2 atom stereocenters. The fourth-order valence-electron chi connectivity index (χ4n) is 5.17. The highest BCUT2D eigenvalue weighted by Crippen LogP contribution is 2.29. The Morgan fingerprint density at radius 3 is 2.32 bits per heavy atom. The number of fused-ring (bicyclic) bond motifs is 1. The fourth-order valence-corrected chi connectivity index (χ4v) is 5.17. The number of hydrogen-bond acceptors (Lipinski definition) is 4. The van der Waals surface area contributed by atoms with Crippen LogP contribution in [0.3, 0.4) is 0 Å². The van der Waals surface area contributed by atoms with Crippen molar-refractivity contribution in [2.75, 3.05) is 26.2 Å². The lowest BCUT2D eigenvalue weighted by Gasteiger charge is -2.55. The molecule has 4 rings (SSSR count). The van der Waals surface area contributed by atoms with Gasteiger partial charge >= 0.3 is 6.03 Å². The molecule has 37 heavy (non-hydrogen) atoms. The van der Waals surface area contributed by atoms with E-state index < -0.39 is 12.2 Å². The third kappa shape index (κ3) is 5.95. The van der Waals surface area contributed by atoms with Crippen LogP contribution in [0.2, 0.25) is 0 Å². The molecular weight excluding hydrogens is 466 g/mol. The van der Waals surface area contributed by atoms with Gasteiger partial charge in [-0.3, -0.25) is 9.59 Å². The fraction of sp³-hybridized carbons (Fsp3) is 0.414. The number of nitrogens with zero attached hydrogens (tertiary/aromatic N) is 4. The Morgan fingerprint density at radius 1 is 1.05 bits per heavy atom. The molecule has 2 heterocycles. The van der Waals surface area contributed by atoms with Gasteiger partial charge in [-0.05, 0) is 29.9 Å². The topological polar surface area (TPSA) is 76.2 Å². The van der Waals surface area contributed by atoms with E-state index in [0.717, 1.165) is 18.4 Å². The van der Waals surface area contributed by atoms with Gasteiger partial charge in [-0.1, -0.05) is 80.4 Å². The van der Waals surface area contributed by atoms with Gasteiger partial charge in [0, 0.05) is 13.1 Å². The molecule has 0 saturated carbocycles. The number of piperazine rings is 1. The summed E-state index contributed by atoms with van der Waals surface area (Å²) >= 11 is 0. The molecule has 0 aliphatic carbocycles. The maximum absolute atomic E-state index is 13.6. The first-order valence-corrected chi connectivity index (χ1v) is 12.8. The highest BCUT2D eigenvalue weighted by molar-refractivity contribution is 5.91. The van der Waals surface area contributed by atoms with Gasteiger partial charge in [-0.2, -0.15) is 5.01 Å². The summed E-state index contributed by atoms with van der Waals surface area (Å²) in [7, 11) is 0. The first-order valence-electron chi connectivity index (χ1n) is 12.8. The number of terminal acetylenes is 1. The maximum atomic E-state index is 13.6. The van der Waals surface area contributed by atoms with Crippen LogP contribution in [0, 0.1) is 18.3 Å². The van der Waals surface area contributed by atoms with E-state index in [1.54, 1.807) is 19.8 Å². The Bertz CT molecular complexity index is 1130. The minimum Gasteiger partial charge on any atom is -0.337 e. The van der Waals surface area contributed by atoms with Gasteiger partial charge < -0.3 is 15.1 Å². The number of carbonyl (C=O) groups is 3. The Kier molecular flexibility index (Phi) is 8.47. The van der Waals surface area contributed by atoms with Gasteiger partial charge in [0.05, 0.1) is 19.6 Å². The standard InChI is InChI=1S/C29H35N5O3/c1-4-17-32-21-26(35)33-25(34(32)29(37)30-19-24-14-9-6-10-15-24)20-31(28(36)27(33)22(2)3)18-11-16-23-12-7-5-8-13-23/h1,5-10,12-15,22,25,27H,11,16-21H2,2-3H3,(H,30,37)/t25-,27-/m0/s1. The van der Waals surface area contributed by atoms with E-state index in [-0.39, 0.29) is 43.4 Å². The number of amides is 4. The van der Waals surface area contributed by atoms with Gasteiger partial charge in [0.25, 0.3) is 0 Å². The number of nitrogens with one attached hydrogen (secondary N) is 1. The zero-order valence-electron chi connectivity index (χ0n) is 21.5. The summed E-state index contributed by atoms with van der Waals surface area (Å²) in [6, 6.07) is 18.8. The van der Waals surface area contributed by atoms with Gasteiger partial charge in [-0.15, -0.1) is 6.42 Å². The number of aryl methyl sites for hydroxylation is 1. The molecule has 2 aromatic carbocycles. The van der Waals surface area contributed by atoms with Crippen molar-refractivity contribution in [1.82, 2.24) is 25.1 Å². The SMILES string of the molecule is C#CCN1CC(=O)N2[C@@H](C(C)C)C(=O)N(CCCc3ccccc3)C[C@@H]2N1C(=O)NCc1ccccc1. The van der Waals surface area contributed by atoms with Crippen LogP contribution in [0.5, 0.6) is 0 Å². The predicted octanol–water partition coefficient (Wildman–Crippen LogP) is 2.72. The van der Waals surface area contributed by atoms with Gasteiger partial charge in [0.15, 0.2) is 0 Å². The molecule has 2 fully saturated rings. The zero-order valence-corrected chi connectivity index (χ0v) is 21.5. The summed E-state index contributed by atoms with van der Waals surface area (Å²) in [6.07, 6.45) is 6.60. The average molecular weight is 502 g/mol. The molecule has 194 valence electrons. The number of hydrazine groups is 1. The molecule has 1 N–H and O–H groups in total. The quantitative estimate of drug-likeness (QED) is 0.565. The van der Waals surface area contributed by atoms with E-state index in [2.05, 4.69) is 23.4 Å². The molecule has 0 radical (unpaired) electrons. The van der Waals surface area contributed by atoms with Crippen molar-refractivity contribution in [2.45, 2.75) is 45.4 Å². The Labute approximate surface area is 219 Å². The normalized spacial score (nSPS) is 20.1. The molecule has 0 aromatic heterocycles. The minimum atomic E-state index is -0.639. The molecule has 4 amide bonds. The van der Waals surface area contributed by atoms with Crippen molar-refractivity contribution in [3.05, 3.63) is 71.8 Å². The lowest BCUT2D eigenvalue weighted by Crippen LogP contribution is -2.77. The second-order valence-electron chi connectivity index (χ2n) is 9.86.